The van der Waals surface area contributed by atoms with E-state index < -0.39 is 16.9 Å². The van der Waals surface area contributed by atoms with Gasteiger partial charge in [-0.15, -0.1) is 5.10 Å². The van der Waals surface area contributed by atoms with Crippen molar-refractivity contribution in [3.05, 3.63) is 110 Å². The molecule has 1 unspecified atom stereocenters. The predicted octanol–water partition coefficient (Wildman–Crippen LogP) is 6.09. The zero-order valence-electron chi connectivity index (χ0n) is 18.8. The van der Waals surface area contributed by atoms with Crippen LogP contribution in [0.2, 0.25) is 10.0 Å². The van der Waals surface area contributed by atoms with E-state index in [1.54, 1.807) is 67.6 Å². The Kier molecular flexibility index (Phi) is 6.17. The quantitative estimate of drug-likeness (QED) is 0.243. The standard InChI is InChI=1S/C25H18Cl2N6O3/c1-14-21(24(34)29-16-7-3-2-4-8-16)22(17-9-5-6-10-20(17)33(35)36)32-25(28-14)30-23(31-32)15-11-12-18(26)19(27)13-15/h2-13,22H,1H3,(H,29,34)(H,28,30,31). The fourth-order valence-corrected chi connectivity index (χ4v) is 4.39. The first-order valence-electron chi connectivity index (χ1n) is 10.8. The van der Waals surface area contributed by atoms with E-state index in [0.717, 1.165) is 0 Å². The van der Waals surface area contributed by atoms with Gasteiger partial charge in [0, 0.05) is 23.0 Å². The first kappa shape index (κ1) is 23.5. The van der Waals surface area contributed by atoms with Gasteiger partial charge >= 0.3 is 0 Å². The first-order chi connectivity index (χ1) is 17.3. The molecule has 1 atom stereocenters. The number of nitrogens with zero attached hydrogens (tertiary/aromatic N) is 4. The monoisotopic (exact) mass is 520 g/mol. The fraction of sp³-hybridized carbons (Fsp3) is 0.0800. The van der Waals surface area contributed by atoms with Gasteiger partial charge in [0.2, 0.25) is 5.95 Å². The maximum atomic E-state index is 13.5. The summed E-state index contributed by atoms with van der Waals surface area (Å²) >= 11 is 12.2. The van der Waals surface area contributed by atoms with Crippen LogP contribution < -0.4 is 10.6 Å². The minimum absolute atomic E-state index is 0.139. The zero-order valence-corrected chi connectivity index (χ0v) is 20.3. The van der Waals surface area contributed by atoms with Crippen LogP contribution in [0.4, 0.5) is 17.3 Å². The number of nitro groups is 1. The van der Waals surface area contributed by atoms with Crippen molar-refractivity contribution in [3.63, 3.8) is 0 Å². The summed E-state index contributed by atoms with van der Waals surface area (Å²) in [5, 5.41) is 23.3. The average molecular weight is 521 g/mol. The molecule has 0 radical (unpaired) electrons. The van der Waals surface area contributed by atoms with Crippen molar-refractivity contribution in [1.82, 2.24) is 14.8 Å². The molecule has 180 valence electrons. The van der Waals surface area contributed by atoms with E-state index in [-0.39, 0.29) is 11.3 Å². The Hall–Kier alpha value is -4.21. The summed E-state index contributed by atoms with van der Waals surface area (Å²) in [5.41, 5.74) is 2.11. The SMILES string of the molecule is CC1=C(C(=O)Nc2ccccc2)C(c2ccccc2[N+](=O)[O-])n2nc(-c3ccc(Cl)c(Cl)c3)nc2N1. The van der Waals surface area contributed by atoms with E-state index >= 15 is 0 Å². The molecule has 9 nitrogen and oxygen atoms in total. The number of benzene rings is 3. The number of nitro benzene ring substituents is 1. The number of hydrogen-bond acceptors (Lipinski definition) is 6. The molecule has 2 heterocycles. The molecule has 0 aliphatic carbocycles. The molecule has 1 aromatic heterocycles. The van der Waals surface area contributed by atoms with Gasteiger partial charge in [-0.2, -0.15) is 4.98 Å². The number of aromatic nitrogens is 3. The predicted molar refractivity (Wildman–Crippen MR) is 138 cm³/mol. The highest BCUT2D eigenvalue weighted by Gasteiger charge is 2.37. The van der Waals surface area contributed by atoms with Crippen molar-refractivity contribution in [3.8, 4) is 11.4 Å². The van der Waals surface area contributed by atoms with E-state index in [4.69, 9.17) is 23.2 Å². The lowest BCUT2D eigenvalue weighted by Crippen LogP contribution is -2.31. The Morgan fingerprint density at radius 2 is 1.78 bits per heavy atom. The van der Waals surface area contributed by atoms with Gasteiger partial charge < -0.3 is 10.6 Å². The lowest BCUT2D eigenvalue weighted by Gasteiger charge is -2.28. The maximum absolute atomic E-state index is 13.5. The summed E-state index contributed by atoms with van der Waals surface area (Å²) in [6, 6.07) is 19.3. The minimum atomic E-state index is -0.921. The topological polar surface area (TPSA) is 115 Å². The van der Waals surface area contributed by atoms with Crippen LogP contribution in [-0.4, -0.2) is 25.6 Å². The minimum Gasteiger partial charge on any atom is -0.328 e. The van der Waals surface area contributed by atoms with Crippen molar-refractivity contribution >= 4 is 46.4 Å². The number of halogens is 2. The summed E-state index contributed by atoms with van der Waals surface area (Å²) in [7, 11) is 0. The molecule has 4 aromatic rings. The Bertz CT molecular complexity index is 1530. The van der Waals surface area contributed by atoms with Gasteiger partial charge in [0.1, 0.15) is 6.04 Å². The second kappa shape index (κ2) is 9.44. The molecule has 1 aliphatic rings. The highest BCUT2D eigenvalue weighted by atomic mass is 35.5. The number of nitrogens with one attached hydrogen (secondary N) is 2. The Morgan fingerprint density at radius 1 is 1.06 bits per heavy atom. The molecule has 11 heteroatoms. The van der Waals surface area contributed by atoms with Crippen molar-refractivity contribution in [2.45, 2.75) is 13.0 Å². The Morgan fingerprint density at radius 3 is 2.50 bits per heavy atom. The molecule has 5 rings (SSSR count). The smallest absolute Gasteiger partial charge is 0.275 e. The van der Waals surface area contributed by atoms with Gasteiger partial charge in [-0.3, -0.25) is 14.9 Å². The van der Waals surface area contributed by atoms with E-state index in [1.165, 1.54) is 10.7 Å². The highest BCUT2D eigenvalue weighted by Crippen LogP contribution is 2.40. The fourth-order valence-electron chi connectivity index (χ4n) is 4.10. The van der Waals surface area contributed by atoms with Crippen LogP contribution >= 0.6 is 23.2 Å². The van der Waals surface area contributed by atoms with Crippen LogP contribution in [0.3, 0.4) is 0 Å². The summed E-state index contributed by atoms with van der Waals surface area (Å²) in [6.45, 7) is 1.72. The second-order valence-electron chi connectivity index (χ2n) is 8.03. The number of allylic oxidation sites excluding steroid dienone is 1. The molecule has 0 saturated carbocycles. The molecular formula is C25H18Cl2N6O3. The van der Waals surface area contributed by atoms with Crippen LogP contribution in [0.25, 0.3) is 11.4 Å². The van der Waals surface area contributed by atoms with Gasteiger partial charge in [0.25, 0.3) is 11.6 Å². The molecule has 0 saturated heterocycles. The molecule has 0 bridgehead atoms. The molecule has 1 aliphatic heterocycles. The van der Waals surface area contributed by atoms with Crippen LogP contribution in [0, 0.1) is 10.1 Å². The number of fused-ring (bicyclic) bond motifs is 1. The number of hydrogen-bond donors (Lipinski definition) is 2. The third-order valence-electron chi connectivity index (χ3n) is 5.73. The lowest BCUT2D eigenvalue weighted by atomic mass is 9.93. The van der Waals surface area contributed by atoms with Crippen LogP contribution in [-0.2, 0) is 4.79 Å². The number of amides is 1. The van der Waals surface area contributed by atoms with Crippen molar-refractivity contribution in [2.24, 2.45) is 0 Å². The van der Waals surface area contributed by atoms with Crippen LogP contribution in [0.1, 0.15) is 18.5 Å². The van der Waals surface area contributed by atoms with Gasteiger partial charge in [0.15, 0.2) is 5.82 Å². The number of anilines is 2. The van der Waals surface area contributed by atoms with Gasteiger partial charge in [-0.05, 0) is 43.3 Å². The van der Waals surface area contributed by atoms with E-state index in [0.29, 0.717) is 44.3 Å². The van der Waals surface area contributed by atoms with E-state index in [9.17, 15) is 14.9 Å². The molecular weight excluding hydrogens is 503 g/mol. The second-order valence-corrected chi connectivity index (χ2v) is 8.85. The average Bonchev–Trinajstić information content (AvgIpc) is 3.29. The third kappa shape index (κ3) is 4.30. The first-order valence-corrected chi connectivity index (χ1v) is 11.6. The number of carbonyl (C=O) groups is 1. The van der Waals surface area contributed by atoms with E-state index in [1.807, 2.05) is 6.07 Å². The third-order valence-corrected chi connectivity index (χ3v) is 6.47. The van der Waals surface area contributed by atoms with E-state index in [2.05, 4.69) is 20.7 Å². The van der Waals surface area contributed by atoms with Gasteiger partial charge in [-0.1, -0.05) is 53.5 Å². The number of carbonyl (C=O) groups excluding carboxylic acids is 1. The molecule has 36 heavy (non-hydrogen) atoms. The summed E-state index contributed by atoms with van der Waals surface area (Å²) in [6.07, 6.45) is 0. The van der Waals surface area contributed by atoms with Crippen molar-refractivity contribution in [2.75, 3.05) is 10.6 Å². The molecule has 0 fully saturated rings. The normalized spacial score (nSPS) is 14.7. The summed E-state index contributed by atoms with van der Waals surface area (Å²) in [4.78, 5) is 29.6. The Labute approximate surface area is 215 Å². The number of rotatable bonds is 5. The molecule has 3 aromatic carbocycles. The molecule has 2 N–H and O–H groups in total. The van der Waals surface area contributed by atoms with Crippen molar-refractivity contribution in [1.29, 1.82) is 0 Å². The molecule has 1 amide bonds. The maximum Gasteiger partial charge on any atom is 0.275 e. The van der Waals surface area contributed by atoms with Crippen LogP contribution in [0.5, 0.6) is 0 Å². The summed E-state index contributed by atoms with van der Waals surface area (Å²) in [5.74, 6) is 0.219. The van der Waals surface area contributed by atoms with Crippen molar-refractivity contribution < 1.29 is 9.72 Å². The molecule has 0 spiro atoms. The lowest BCUT2D eigenvalue weighted by molar-refractivity contribution is -0.385. The summed E-state index contributed by atoms with van der Waals surface area (Å²) < 4.78 is 1.48. The largest absolute Gasteiger partial charge is 0.328 e. The zero-order chi connectivity index (χ0) is 25.4. The van der Waals surface area contributed by atoms with Gasteiger partial charge in [0.05, 0.1) is 26.1 Å². The van der Waals surface area contributed by atoms with Crippen LogP contribution in [0.15, 0.2) is 84.1 Å². The Balaban J connectivity index is 1.66. The number of para-hydroxylation sites is 2. The van der Waals surface area contributed by atoms with Gasteiger partial charge in [-0.25, -0.2) is 4.68 Å². The highest BCUT2D eigenvalue weighted by molar-refractivity contribution is 6.42.